The van der Waals surface area contributed by atoms with Crippen molar-refractivity contribution in [1.82, 2.24) is 0 Å². The third-order valence-electron chi connectivity index (χ3n) is 4.43. The first kappa shape index (κ1) is 15.9. The third kappa shape index (κ3) is 3.85. The molecule has 0 saturated carbocycles. The van der Waals surface area contributed by atoms with Gasteiger partial charge in [0.2, 0.25) is 0 Å². The SMILES string of the molecule is COc1ccc(OCC2(c3ccccc3)CCCCCO2)cc1. The van der Waals surface area contributed by atoms with Crippen molar-refractivity contribution in [3.63, 3.8) is 0 Å². The molecule has 1 saturated heterocycles. The summed E-state index contributed by atoms with van der Waals surface area (Å²) < 4.78 is 17.6. The van der Waals surface area contributed by atoms with Crippen LogP contribution in [0.3, 0.4) is 0 Å². The lowest BCUT2D eigenvalue weighted by Gasteiger charge is -2.33. The maximum atomic E-state index is 6.29. The summed E-state index contributed by atoms with van der Waals surface area (Å²) in [6.07, 6.45) is 4.50. The predicted molar refractivity (Wildman–Crippen MR) is 91.0 cm³/mol. The van der Waals surface area contributed by atoms with Crippen LogP contribution in [0.1, 0.15) is 31.2 Å². The van der Waals surface area contributed by atoms with Crippen molar-refractivity contribution in [3.05, 3.63) is 60.2 Å². The molecule has 0 bridgehead atoms. The maximum absolute atomic E-state index is 6.29. The fraction of sp³-hybridized carbons (Fsp3) is 0.400. The van der Waals surface area contributed by atoms with Gasteiger partial charge in [0, 0.05) is 6.61 Å². The molecule has 23 heavy (non-hydrogen) atoms. The molecule has 3 nitrogen and oxygen atoms in total. The minimum atomic E-state index is -0.350. The topological polar surface area (TPSA) is 27.7 Å². The lowest BCUT2D eigenvalue weighted by molar-refractivity contribution is -0.0766. The molecule has 1 atom stereocenters. The zero-order valence-corrected chi connectivity index (χ0v) is 13.7. The number of methoxy groups -OCH3 is 1. The van der Waals surface area contributed by atoms with E-state index < -0.39 is 0 Å². The van der Waals surface area contributed by atoms with Crippen molar-refractivity contribution >= 4 is 0 Å². The average Bonchev–Trinajstić information content (AvgIpc) is 2.88. The van der Waals surface area contributed by atoms with Crippen LogP contribution in [0.25, 0.3) is 0 Å². The number of hydrogen-bond donors (Lipinski definition) is 0. The van der Waals surface area contributed by atoms with E-state index in [1.165, 1.54) is 18.4 Å². The van der Waals surface area contributed by atoms with Gasteiger partial charge in [-0.2, -0.15) is 0 Å². The molecule has 3 heteroatoms. The first-order valence-electron chi connectivity index (χ1n) is 8.29. The van der Waals surface area contributed by atoms with Crippen molar-refractivity contribution in [3.8, 4) is 11.5 Å². The van der Waals surface area contributed by atoms with E-state index >= 15 is 0 Å². The van der Waals surface area contributed by atoms with Crippen LogP contribution in [-0.2, 0) is 10.3 Å². The van der Waals surface area contributed by atoms with Crippen molar-refractivity contribution in [1.29, 1.82) is 0 Å². The Morgan fingerprint density at radius 3 is 2.39 bits per heavy atom. The summed E-state index contributed by atoms with van der Waals surface area (Å²) in [6, 6.07) is 18.2. The molecule has 1 unspecified atom stereocenters. The van der Waals surface area contributed by atoms with Gasteiger partial charge in [-0.3, -0.25) is 0 Å². The van der Waals surface area contributed by atoms with Gasteiger partial charge >= 0.3 is 0 Å². The normalized spacial score (nSPS) is 21.4. The van der Waals surface area contributed by atoms with Gasteiger partial charge in [-0.15, -0.1) is 0 Å². The Morgan fingerprint density at radius 1 is 0.913 bits per heavy atom. The molecule has 2 aromatic carbocycles. The molecule has 0 aliphatic carbocycles. The molecule has 1 heterocycles. The minimum absolute atomic E-state index is 0.350. The van der Waals surface area contributed by atoms with E-state index in [9.17, 15) is 0 Å². The summed E-state index contributed by atoms with van der Waals surface area (Å²) in [5, 5.41) is 0. The summed E-state index contributed by atoms with van der Waals surface area (Å²) in [5.74, 6) is 1.68. The highest BCUT2D eigenvalue weighted by atomic mass is 16.5. The molecule has 0 spiro atoms. The van der Waals surface area contributed by atoms with Crippen molar-refractivity contribution in [2.24, 2.45) is 0 Å². The van der Waals surface area contributed by atoms with Crippen LogP contribution < -0.4 is 9.47 Å². The van der Waals surface area contributed by atoms with Gasteiger partial charge in [0.15, 0.2) is 0 Å². The molecule has 1 aliphatic rings. The van der Waals surface area contributed by atoms with Gasteiger partial charge in [-0.05, 0) is 42.7 Å². The molecule has 3 rings (SSSR count). The Kier molecular flexibility index (Phi) is 5.19. The van der Waals surface area contributed by atoms with E-state index in [4.69, 9.17) is 14.2 Å². The van der Waals surface area contributed by atoms with Crippen molar-refractivity contribution in [2.45, 2.75) is 31.3 Å². The number of rotatable bonds is 5. The van der Waals surface area contributed by atoms with Gasteiger partial charge in [-0.1, -0.05) is 43.2 Å². The van der Waals surface area contributed by atoms with Crippen LogP contribution in [0.5, 0.6) is 11.5 Å². The Balaban J connectivity index is 1.78. The summed E-state index contributed by atoms with van der Waals surface area (Å²) in [5.41, 5.74) is 0.855. The van der Waals surface area contributed by atoms with Gasteiger partial charge in [-0.25, -0.2) is 0 Å². The van der Waals surface area contributed by atoms with Gasteiger partial charge < -0.3 is 14.2 Å². The highest BCUT2D eigenvalue weighted by Gasteiger charge is 2.35. The molecule has 0 amide bonds. The Morgan fingerprint density at radius 2 is 1.65 bits per heavy atom. The summed E-state index contributed by atoms with van der Waals surface area (Å²) >= 11 is 0. The molecule has 1 aliphatic heterocycles. The molecule has 0 radical (unpaired) electrons. The number of hydrogen-bond acceptors (Lipinski definition) is 3. The zero-order chi connectivity index (χ0) is 16.0. The number of ether oxygens (including phenoxy) is 3. The standard InChI is InChI=1S/C20H24O3/c1-21-18-10-12-19(13-11-18)22-16-20(14-6-3-7-15-23-20)17-8-4-2-5-9-17/h2,4-5,8-13H,3,6-7,14-16H2,1H3. The van der Waals surface area contributed by atoms with Crippen LogP contribution >= 0.6 is 0 Å². The predicted octanol–water partition coefficient (Wildman–Crippen LogP) is 4.56. The molecular weight excluding hydrogens is 288 g/mol. The van der Waals surface area contributed by atoms with Gasteiger partial charge in [0.1, 0.15) is 23.7 Å². The van der Waals surface area contributed by atoms with E-state index in [0.29, 0.717) is 6.61 Å². The fourth-order valence-corrected chi connectivity index (χ4v) is 3.07. The van der Waals surface area contributed by atoms with Crippen LogP contribution in [0.4, 0.5) is 0 Å². The maximum Gasteiger partial charge on any atom is 0.127 e. The molecule has 122 valence electrons. The summed E-state index contributed by atoms with van der Waals surface area (Å²) in [7, 11) is 1.67. The Labute approximate surface area is 138 Å². The molecular formula is C20H24O3. The largest absolute Gasteiger partial charge is 0.497 e. The molecule has 0 aromatic heterocycles. The highest BCUT2D eigenvalue weighted by molar-refractivity contribution is 5.31. The zero-order valence-electron chi connectivity index (χ0n) is 13.7. The fourth-order valence-electron chi connectivity index (χ4n) is 3.07. The second-order valence-corrected chi connectivity index (χ2v) is 5.98. The van der Waals surface area contributed by atoms with E-state index in [2.05, 4.69) is 24.3 Å². The summed E-state index contributed by atoms with van der Waals surface area (Å²) in [6.45, 7) is 1.32. The van der Waals surface area contributed by atoms with Crippen molar-refractivity contribution < 1.29 is 14.2 Å². The first-order valence-corrected chi connectivity index (χ1v) is 8.29. The molecule has 2 aromatic rings. The quantitative estimate of drug-likeness (QED) is 0.810. The first-order chi connectivity index (χ1) is 11.3. The van der Waals surface area contributed by atoms with Crippen LogP contribution in [0.2, 0.25) is 0 Å². The summed E-state index contributed by atoms with van der Waals surface area (Å²) in [4.78, 5) is 0. The van der Waals surface area contributed by atoms with Crippen LogP contribution in [-0.4, -0.2) is 20.3 Å². The third-order valence-corrected chi connectivity index (χ3v) is 4.43. The second kappa shape index (κ2) is 7.51. The minimum Gasteiger partial charge on any atom is -0.497 e. The van der Waals surface area contributed by atoms with E-state index in [0.717, 1.165) is 30.9 Å². The Hall–Kier alpha value is -2.00. The highest BCUT2D eigenvalue weighted by Crippen LogP contribution is 2.35. The monoisotopic (exact) mass is 312 g/mol. The van der Waals surface area contributed by atoms with E-state index in [1.807, 2.05) is 30.3 Å². The van der Waals surface area contributed by atoms with Crippen LogP contribution in [0, 0.1) is 0 Å². The van der Waals surface area contributed by atoms with Crippen LogP contribution in [0.15, 0.2) is 54.6 Å². The van der Waals surface area contributed by atoms with E-state index in [-0.39, 0.29) is 5.60 Å². The second-order valence-electron chi connectivity index (χ2n) is 5.98. The Bertz CT molecular complexity index is 584. The number of benzene rings is 2. The lowest BCUT2D eigenvalue weighted by Crippen LogP contribution is -2.36. The van der Waals surface area contributed by atoms with Crippen molar-refractivity contribution in [2.75, 3.05) is 20.3 Å². The average molecular weight is 312 g/mol. The lowest BCUT2D eigenvalue weighted by atomic mass is 9.89. The van der Waals surface area contributed by atoms with Gasteiger partial charge in [0.05, 0.1) is 7.11 Å². The van der Waals surface area contributed by atoms with Gasteiger partial charge in [0.25, 0.3) is 0 Å². The van der Waals surface area contributed by atoms with E-state index in [1.54, 1.807) is 7.11 Å². The molecule has 0 N–H and O–H groups in total. The smallest absolute Gasteiger partial charge is 0.127 e. The molecule has 1 fully saturated rings.